The van der Waals surface area contributed by atoms with Crippen LogP contribution in [0.15, 0.2) is 0 Å². The molecule has 1 aromatic heterocycles. The number of nitrogens with two attached hydrogens (primary N) is 1. The first-order valence-corrected chi connectivity index (χ1v) is 7.34. The minimum Gasteiger partial charge on any atom is -0.476 e. The lowest BCUT2D eigenvalue weighted by Gasteiger charge is -2.23. The van der Waals surface area contributed by atoms with E-state index in [0.717, 1.165) is 18.7 Å². The summed E-state index contributed by atoms with van der Waals surface area (Å²) in [6.07, 6.45) is 2.31. The van der Waals surface area contributed by atoms with Gasteiger partial charge in [-0.2, -0.15) is 4.98 Å². The van der Waals surface area contributed by atoms with Gasteiger partial charge in [0.2, 0.25) is 5.88 Å². The van der Waals surface area contributed by atoms with E-state index in [4.69, 9.17) is 10.5 Å². The first-order valence-electron chi connectivity index (χ1n) is 7.34. The Balaban J connectivity index is 2.29. The van der Waals surface area contributed by atoms with E-state index in [0.29, 0.717) is 35.8 Å². The van der Waals surface area contributed by atoms with E-state index in [1.165, 1.54) is 0 Å². The number of nitrogen functional groups attached to an aromatic ring is 1. The Kier molecular flexibility index (Phi) is 4.06. The second-order valence-electron chi connectivity index (χ2n) is 7.00. The summed E-state index contributed by atoms with van der Waals surface area (Å²) in [6.45, 7) is 11.1. The van der Waals surface area contributed by atoms with Crippen LogP contribution in [0.4, 0.5) is 11.5 Å². The highest BCUT2D eigenvalue weighted by Gasteiger charge is 2.29. The topological polar surface area (TPSA) is 73.1 Å². The summed E-state index contributed by atoms with van der Waals surface area (Å²) in [7, 11) is 0. The molecular formula is C15H26N4O. The average Bonchev–Trinajstić information content (AvgIpc) is 3.12. The van der Waals surface area contributed by atoms with Crippen molar-refractivity contribution in [2.75, 3.05) is 17.7 Å². The summed E-state index contributed by atoms with van der Waals surface area (Å²) in [5.41, 5.74) is 6.56. The predicted octanol–water partition coefficient (Wildman–Crippen LogP) is 3.18. The lowest BCUT2D eigenvalue weighted by molar-refractivity contribution is 0.262. The molecule has 0 atom stereocenters. The van der Waals surface area contributed by atoms with Gasteiger partial charge >= 0.3 is 0 Å². The van der Waals surface area contributed by atoms with Gasteiger partial charge in [-0.1, -0.05) is 13.8 Å². The Morgan fingerprint density at radius 1 is 1.30 bits per heavy atom. The van der Waals surface area contributed by atoms with Crippen LogP contribution in [-0.2, 0) is 0 Å². The molecule has 0 spiro atoms. The number of rotatable bonds is 5. The number of nitrogens with zero attached hydrogens (tertiary/aromatic N) is 2. The van der Waals surface area contributed by atoms with E-state index in [2.05, 4.69) is 49.9 Å². The monoisotopic (exact) mass is 278 g/mol. The van der Waals surface area contributed by atoms with Gasteiger partial charge in [-0.05, 0) is 39.5 Å². The van der Waals surface area contributed by atoms with Gasteiger partial charge in [0.25, 0.3) is 0 Å². The third kappa shape index (κ3) is 3.99. The highest BCUT2D eigenvalue weighted by molar-refractivity contribution is 5.67. The largest absolute Gasteiger partial charge is 0.476 e. The Bertz CT molecular complexity index is 475. The molecule has 1 aromatic rings. The van der Waals surface area contributed by atoms with Crippen LogP contribution in [0.25, 0.3) is 0 Å². The Morgan fingerprint density at radius 2 is 1.95 bits per heavy atom. The molecule has 1 aliphatic rings. The molecule has 1 aliphatic carbocycles. The first kappa shape index (κ1) is 14.9. The van der Waals surface area contributed by atoms with Gasteiger partial charge in [-0.3, -0.25) is 0 Å². The van der Waals surface area contributed by atoms with Crippen molar-refractivity contribution in [3.63, 3.8) is 0 Å². The summed E-state index contributed by atoms with van der Waals surface area (Å²) in [6, 6.07) is 0. The number of hydrogen-bond donors (Lipinski definition) is 2. The fourth-order valence-electron chi connectivity index (χ4n) is 1.80. The molecule has 0 radical (unpaired) electrons. The van der Waals surface area contributed by atoms with Crippen molar-refractivity contribution in [2.45, 2.75) is 58.9 Å². The summed E-state index contributed by atoms with van der Waals surface area (Å²) >= 11 is 0. The molecule has 3 N–H and O–H groups in total. The van der Waals surface area contributed by atoms with E-state index in [1.807, 2.05) is 0 Å². The Labute approximate surface area is 121 Å². The number of hydrogen-bond acceptors (Lipinski definition) is 5. The Morgan fingerprint density at radius 3 is 2.45 bits per heavy atom. The summed E-state index contributed by atoms with van der Waals surface area (Å²) in [5, 5.41) is 3.34. The maximum absolute atomic E-state index is 6.15. The van der Waals surface area contributed by atoms with Crippen molar-refractivity contribution in [3.8, 4) is 5.88 Å². The summed E-state index contributed by atoms with van der Waals surface area (Å²) in [4.78, 5) is 9.08. The molecule has 0 unspecified atom stereocenters. The second-order valence-corrected chi connectivity index (χ2v) is 7.00. The summed E-state index contributed by atoms with van der Waals surface area (Å²) < 4.78 is 5.76. The molecule has 112 valence electrons. The fourth-order valence-corrected chi connectivity index (χ4v) is 1.80. The van der Waals surface area contributed by atoms with Crippen LogP contribution in [-0.4, -0.2) is 22.1 Å². The van der Waals surface area contributed by atoms with E-state index in [9.17, 15) is 0 Å². The van der Waals surface area contributed by atoms with Crippen LogP contribution < -0.4 is 15.8 Å². The zero-order chi connectivity index (χ0) is 14.9. The average molecular weight is 278 g/mol. The van der Waals surface area contributed by atoms with Crippen molar-refractivity contribution in [1.29, 1.82) is 0 Å². The van der Waals surface area contributed by atoms with Crippen LogP contribution in [0, 0.1) is 5.92 Å². The van der Waals surface area contributed by atoms with E-state index < -0.39 is 0 Å². The number of ether oxygens (including phenoxy) is 1. The highest BCUT2D eigenvalue weighted by Crippen LogP contribution is 2.41. The van der Waals surface area contributed by atoms with E-state index >= 15 is 0 Å². The van der Waals surface area contributed by atoms with Gasteiger partial charge in [0.05, 0.1) is 6.61 Å². The van der Waals surface area contributed by atoms with Crippen molar-refractivity contribution in [2.24, 2.45) is 5.92 Å². The zero-order valence-electron chi connectivity index (χ0n) is 13.2. The molecule has 0 aromatic carbocycles. The van der Waals surface area contributed by atoms with Crippen molar-refractivity contribution in [1.82, 2.24) is 9.97 Å². The van der Waals surface area contributed by atoms with Crippen LogP contribution in [0.3, 0.4) is 0 Å². The molecule has 1 fully saturated rings. The van der Waals surface area contributed by atoms with Gasteiger partial charge in [0.1, 0.15) is 11.5 Å². The number of anilines is 2. The second kappa shape index (κ2) is 5.46. The Hall–Kier alpha value is -1.52. The molecule has 2 rings (SSSR count). The zero-order valence-corrected chi connectivity index (χ0v) is 13.2. The van der Waals surface area contributed by atoms with Gasteiger partial charge in [-0.25, -0.2) is 4.98 Å². The molecule has 1 saturated carbocycles. The van der Waals surface area contributed by atoms with Crippen LogP contribution in [0.2, 0.25) is 0 Å². The van der Waals surface area contributed by atoms with E-state index in [-0.39, 0.29) is 5.54 Å². The fraction of sp³-hybridized carbons (Fsp3) is 0.733. The molecule has 0 saturated heterocycles. The molecular weight excluding hydrogens is 252 g/mol. The standard InChI is InChI=1S/C15H26N4O/c1-9(2)8-20-14-11(16)13(19-15(3,4)5)17-12(18-14)10-6-7-10/h9-10H,6-8,16H2,1-5H3,(H,17,18,19). The maximum atomic E-state index is 6.15. The minimum atomic E-state index is -0.0986. The van der Waals surface area contributed by atoms with Gasteiger partial charge in [0.15, 0.2) is 5.82 Å². The van der Waals surface area contributed by atoms with Crippen LogP contribution in [0.1, 0.15) is 59.2 Å². The first-order chi connectivity index (χ1) is 9.26. The third-order valence-corrected chi connectivity index (χ3v) is 2.92. The lowest BCUT2D eigenvalue weighted by Crippen LogP contribution is -2.28. The molecule has 5 heteroatoms. The van der Waals surface area contributed by atoms with Crippen molar-refractivity contribution >= 4 is 11.5 Å². The quantitative estimate of drug-likeness (QED) is 0.865. The van der Waals surface area contributed by atoms with E-state index in [1.54, 1.807) is 0 Å². The number of nitrogens with one attached hydrogen (secondary N) is 1. The maximum Gasteiger partial charge on any atom is 0.242 e. The minimum absolute atomic E-state index is 0.0986. The molecule has 1 heterocycles. The van der Waals surface area contributed by atoms with Gasteiger partial charge in [-0.15, -0.1) is 0 Å². The smallest absolute Gasteiger partial charge is 0.242 e. The lowest BCUT2D eigenvalue weighted by atomic mass is 10.1. The molecule has 0 bridgehead atoms. The highest BCUT2D eigenvalue weighted by atomic mass is 16.5. The normalized spacial score (nSPS) is 15.5. The molecule has 0 aliphatic heterocycles. The van der Waals surface area contributed by atoms with Gasteiger partial charge < -0.3 is 15.8 Å². The van der Waals surface area contributed by atoms with Crippen molar-refractivity contribution in [3.05, 3.63) is 5.82 Å². The summed E-state index contributed by atoms with van der Waals surface area (Å²) in [5.74, 6) is 2.96. The van der Waals surface area contributed by atoms with Crippen LogP contribution >= 0.6 is 0 Å². The third-order valence-electron chi connectivity index (χ3n) is 2.92. The number of aromatic nitrogens is 2. The predicted molar refractivity (Wildman–Crippen MR) is 82.1 cm³/mol. The molecule has 5 nitrogen and oxygen atoms in total. The van der Waals surface area contributed by atoms with Gasteiger partial charge in [0, 0.05) is 11.5 Å². The molecule has 20 heavy (non-hydrogen) atoms. The molecule has 0 amide bonds. The van der Waals surface area contributed by atoms with Crippen LogP contribution in [0.5, 0.6) is 5.88 Å². The SMILES string of the molecule is CC(C)COc1nc(C2CC2)nc(NC(C)(C)C)c1N. The van der Waals surface area contributed by atoms with Crippen molar-refractivity contribution < 1.29 is 4.74 Å².